The number of amides is 1. The Morgan fingerprint density at radius 3 is 1.93 bits per heavy atom. The zero-order valence-corrected chi connectivity index (χ0v) is 9.85. The first-order valence-corrected chi connectivity index (χ1v) is 4.95. The average molecular weight is 247 g/mol. The Kier molecular flexibility index (Phi) is 12.5. The van der Waals surface area contributed by atoms with Crippen LogP contribution in [0.25, 0.3) is 0 Å². The van der Waals surface area contributed by atoms with Gasteiger partial charge in [-0.3, -0.25) is 5.43 Å². The van der Waals surface area contributed by atoms with Crippen molar-refractivity contribution in [3.05, 3.63) is 0 Å². The molecule has 0 aromatic carbocycles. The maximum Gasteiger partial charge on any atom is 0.419 e. The van der Waals surface area contributed by atoms with Crippen LogP contribution in [0.1, 0.15) is 39.5 Å². The number of hydrogen-bond acceptors (Lipinski definition) is 2. The van der Waals surface area contributed by atoms with Crippen molar-refractivity contribution in [2.75, 3.05) is 13.1 Å². The second-order valence-electron chi connectivity index (χ2n) is 3.11. The monoisotopic (exact) mass is 246 g/mol. The first-order valence-electron chi connectivity index (χ1n) is 4.95. The Labute approximate surface area is 95.9 Å². The second kappa shape index (κ2) is 10.8. The molecule has 4 nitrogen and oxygen atoms in total. The molecule has 0 atom stereocenters. The van der Waals surface area contributed by atoms with Crippen LogP contribution in [0.2, 0.25) is 0 Å². The third kappa shape index (κ3) is 9.81. The number of rotatable bonds is 7. The molecule has 0 rings (SSSR count). The Bertz CT molecular complexity index is 137. The molecule has 0 unspecified atom stereocenters. The van der Waals surface area contributed by atoms with Crippen LogP contribution in [0.15, 0.2) is 0 Å². The molecular weight excluding hydrogens is 227 g/mol. The van der Waals surface area contributed by atoms with Gasteiger partial charge in [0, 0.05) is 29.6 Å². The van der Waals surface area contributed by atoms with E-state index in [4.69, 9.17) is 5.11 Å². The molecule has 0 saturated heterocycles. The largest absolute Gasteiger partial charge is 0.464 e. The Morgan fingerprint density at radius 1 is 1.21 bits per heavy atom. The van der Waals surface area contributed by atoms with Gasteiger partial charge in [0.2, 0.25) is 0 Å². The van der Waals surface area contributed by atoms with Crippen LogP contribution in [0, 0.1) is 0 Å². The van der Waals surface area contributed by atoms with Crippen molar-refractivity contribution in [1.82, 2.24) is 10.4 Å². The van der Waals surface area contributed by atoms with E-state index in [2.05, 4.69) is 19.3 Å². The van der Waals surface area contributed by atoms with Crippen molar-refractivity contribution in [3.63, 3.8) is 0 Å². The molecule has 0 aromatic rings. The molecule has 0 heterocycles. The topological polar surface area (TPSA) is 52.6 Å². The fourth-order valence-corrected chi connectivity index (χ4v) is 1.06. The molecule has 0 aliphatic carbocycles. The van der Waals surface area contributed by atoms with Crippen molar-refractivity contribution >= 4 is 6.09 Å². The van der Waals surface area contributed by atoms with E-state index in [0.717, 1.165) is 38.8 Å². The normalized spacial score (nSPS) is 9.64. The smallest absolute Gasteiger partial charge is 0.419 e. The zero-order chi connectivity index (χ0) is 10.1. The molecule has 0 radical (unpaired) electrons. The van der Waals surface area contributed by atoms with E-state index in [1.54, 1.807) is 5.01 Å². The SMILES string of the molecule is CCCCN(CCCC)NC(=O)O.[Ni]. The van der Waals surface area contributed by atoms with Gasteiger partial charge in [0.1, 0.15) is 0 Å². The van der Waals surface area contributed by atoms with Crippen LogP contribution >= 0.6 is 0 Å². The molecule has 1 amide bonds. The number of carbonyl (C=O) groups is 1. The van der Waals surface area contributed by atoms with Crippen LogP contribution in [-0.4, -0.2) is 29.3 Å². The minimum absolute atomic E-state index is 0. The Hall–Kier alpha value is -0.276. The molecular formula is C9H20N2NiO2. The van der Waals surface area contributed by atoms with Gasteiger partial charge in [0.15, 0.2) is 0 Å². The van der Waals surface area contributed by atoms with E-state index in [9.17, 15) is 4.79 Å². The minimum atomic E-state index is -0.966. The van der Waals surface area contributed by atoms with Crippen LogP contribution < -0.4 is 5.43 Å². The summed E-state index contributed by atoms with van der Waals surface area (Å²) >= 11 is 0. The molecule has 0 spiro atoms. The maximum absolute atomic E-state index is 10.4. The Balaban J connectivity index is 0. The predicted molar refractivity (Wildman–Crippen MR) is 52.5 cm³/mol. The number of carboxylic acid groups (broad SMARTS) is 1. The van der Waals surface area contributed by atoms with Gasteiger partial charge in [0.05, 0.1) is 0 Å². The summed E-state index contributed by atoms with van der Waals surface area (Å²) in [6.07, 6.45) is 3.27. The Morgan fingerprint density at radius 2 is 1.64 bits per heavy atom. The molecule has 0 aliphatic rings. The maximum atomic E-state index is 10.4. The summed E-state index contributed by atoms with van der Waals surface area (Å²) in [6.45, 7) is 5.81. The third-order valence-corrected chi connectivity index (χ3v) is 1.82. The summed E-state index contributed by atoms with van der Waals surface area (Å²) in [7, 11) is 0. The number of hydrogen-bond donors (Lipinski definition) is 2. The number of unbranched alkanes of at least 4 members (excludes halogenated alkanes) is 2. The summed E-state index contributed by atoms with van der Waals surface area (Å²) in [4.78, 5) is 10.4. The van der Waals surface area contributed by atoms with Crippen molar-refractivity contribution < 1.29 is 26.4 Å². The summed E-state index contributed by atoms with van der Waals surface area (Å²) < 4.78 is 0. The second-order valence-corrected chi connectivity index (χ2v) is 3.11. The van der Waals surface area contributed by atoms with E-state index in [1.165, 1.54) is 0 Å². The van der Waals surface area contributed by atoms with Gasteiger partial charge in [-0.25, -0.2) is 9.80 Å². The quantitative estimate of drug-likeness (QED) is 0.534. The van der Waals surface area contributed by atoms with Crippen molar-refractivity contribution in [1.29, 1.82) is 0 Å². The molecule has 0 saturated carbocycles. The molecule has 14 heavy (non-hydrogen) atoms. The molecule has 5 heteroatoms. The average Bonchev–Trinajstić information content (AvgIpc) is 2.09. The summed E-state index contributed by atoms with van der Waals surface area (Å²) in [5.74, 6) is 0. The third-order valence-electron chi connectivity index (χ3n) is 1.82. The van der Waals surface area contributed by atoms with Crippen molar-refractivity contribution in [2.45, 2.75) is 39.5 Å². The van der Waals surface area contributed by atoms with Crippen molar-refractivity contribution in [2.24, 2.45) is 0 Å². The first kappa shape index (κ1) is 16.2. The molecule has 2 N–H and O–H groups in total. The van der Waals surface area contributed by atoms with Crippen LogP contribution in [0.4, 0.5) is 4.79 Å². The molecule has 0 fully saturated rings. The van der Waals surface area contributed by atoms with Crippen LogP contribution in [0.3, 0.4) is 0 Å². The summed E-state index contributed by atoms with van der Waals surface area (Å²) in [5, 5.41) is 10.3. The number of hydrazine groups is 1. The standard InChI is InChI=1S/C9H20N2O2.Ni/c1-3-5-7-11(8-6-4-2)10-9(12)13;/h10H,3-8H2,1-2H3,(H,12,13);. The minimum Gasteiger partial charge on any atom is -0.464 e. The fourth-order valence-electron chi connectivity index (χ4n) is 1.06. The number of nitrogens with zero attached hydrogens (tertiary/aromatic N) is 1. The zero-order valence-electron chi connectivity index (χ0n) is 8.86. The van der Waals surface area contributed by atoms with Gasteiger partial charge in [-0.05, 0) is 12.8 Å². The van der Waals surface area contributed by atoms with E-state index < -0.39 is 6.09 Å². The summed E-state index contributed by atoms with van der Waals surface area (Å²) in [6, 6.07) is 0. The van der Waals surface area contributed by atoms with E-state index >= 15 is 0 Å². The molecule has 0 bridgehead atoms. The van der Waals surface area contributed by atoms with Gasteiger partial charge >= 0.3 is 6.09 Å². The number of nitrogens with one attached hydrogen (secondary N) is 1. The predicted octanol–water partition coefficient (Wildman–Crippen LogP) is 2.07. The fraction of sp³-hybridized carbons (Fsp3) is 0.889. The molecule has 0 aromatic heterocycles. The van der Waals surface area contributed by atoms with E-state index in [1.807, 2.05) is 0 Å². The van der Waals surface area contributed by atoms with E-state index in [0.29, 0.717) is 0 Å². The van der Waals surface area contributed by atoms with Crippen molar-refractivity contribution in [3.8, 4) is 0 Å². The first-order chi connectivity index (χ1) is 6.20. The van der Waals surface area contributed by atoms with E-state index in [-0.39, 0.29) is 16.5 Å². The van der Waals surface area contributed by atoms with Gasteiger partial charge in [-0.2, -0.15) is 0 Å². The van der Waals surface area contributed by atoms with Crippen LogP contribution in [-0.2, 0) is 16.5 Å². The van der Waals surface area contributed by atoms with Gasteiger partial charge < -0.3 is 5.11 Å². The van der Waals surface area contributed by atoms with Gasteiger partial charge in [-0.1, -0.05) is 26.7 Å². The summed E-state index contributed by atoms with van der Waals surface area (Å²) in [5.41, 5.74) is 2.40. The molecule has 0 aliphatic heterocycles. The van der Waals surface area contributed by atoms with Crippen LogP contribution in [0.5, 0.6) is 0 Å². The molecule has 88 valence electrons. The van der Waals surface area contributed by atoms with Gasteiger partial charge in [-0.15, -0.1) is 0 Å². The van der Waals surface area contributed by atoms with Gasteiger partial charge in [0.25, 0.3) is 0 Å².